The molecule has 0 aliphatic carbocycles. The first-order chi connectivity index (χ1) is 10.6. The fraction of sp³-hybridized carbons (Fsp3) is 0.462. The van der Waals surface area contributed by atoms with Crippen LogP contribution in [0.2, 0.25) is 0 Å². The third kappa shape index (κ3) is 4.03. The van der Waals surface area contributed by atoms with Crippen LogP contribution in [0, 0.1) is 10.1 Å². The summed E-state index contributed by atoms with van der Waals surface area (Å²) in [5.41, 5.74) is -1.54. The largest absolute Gasteiger partial charge is 0.388 e. The molecule has 1 saturated heterocycles. The first kappa shape index (κ1) is 17.3. The van der Waals surface area contributed by atoms with Crippen LogP contribution in [-0.2, 0) is 14.8 Å². The third-order valence-electron chi connectivity index (χ3n) is 3.57. The van der Waals surface area contributed by atoms with E-state index in [0.717, 1.165) is 12.1 Å². The summed E-state index contributed by atoms with van der Waals surface area (Å²) in [4.78, 5) is 22.9. The van der Waals surface area contributed by atoms with E-state index in [9.17, 15) is 28.4 Å². The number of benzene rings is 1. The van der Waals surface area contributed by atoms with Crippen LogP contribution in [0.15, 0.2) is 29.2 Å². The summed E-state index contributed by atoms with van der Waals surface area (Å²) < 4.78 is 26.4. The van der Waals surface area contributed by atoms with E-state index in [4.69, 9.17) is 0 Å². The van der Waals surface area contributed by atoms with Crippen molar-refractivity contribution >= 4 is 21.6 Å². The number of hydrogen-bond donors (Lipinski definition) is 2. The van der Waals surface area contributed by atoms with Crippen molar-refractivity contribution in [2.75, 3.05) is 19.6 Å². The Bertz CT molecular complexity index is 731. The lowest BCUT2D eigenvalue weighted by Gasteiger charge is -2.19. The van der Waals surface area contributed by atoms with Crippen LogP contribution in [0.1, 0.15) is 13.3 Å². The molecule has 0 spiro atoms. The summed E-state index contributed by atoms with van der Waals surface area (Å²) in [5, 5.41) is 20.7. The van der Waals surface area contributed by atoms with Gasteiger partial charge in [0.1, 0.15) is 0 Å². The Labute approximate surface area is 133 Å². The maximum absolute atomic E-state index is 12.2. The standard InChI is InChI=1S/C13H17N3O6S/c1-13(18)6-7-15(9-13)12(17)8-14-23(21,22)11-5-3-2-4-10(11)16(19)20/h2-5,14,18H,6-9H2,1H3. The average Bonchev–Trinajstić information content (AvgIpc) is 2.85. The van der Waals surface area contributed by atoms with Crippen molar-refractivity contribution in [2.24, 2.45) is 0 Å². The molecule has 1 aromatic rings. The van der Waals surface area contributed by atoms with Crippen molar-refractivity contribution in [2.45, 2.75) is 23.8 Å². The van der Waals surface area contributed by atoms with Crippen LogP contribution >= 0.6 is 0 Å². The van der Waals surface area contributed by atoms with Crippen LogP contribution < -0.4 is 4.72 Å². The number of rotatable bonds is 5. The van der Waals surface area contributed by atoms with Gasteiger partial charge in [0.05, 0.1) is 17.1 Å². The maximum atomic E-state index is 12.2. The summed E-state index contributed by atoms with van der Waals surface area (Å²) in [7, 11) is -4.19. The van der Waals surface area contributed by atoms with Gasteiger partial charge in [0.15, 0.2) is 4.90 Å². The predicted octanol–water partition coefficient (Wildman–Crippen LogP) is -0.144. The van der Waals surface area contributed by atoms with E-state index >= 15 is 0 Å². The molecule has 0 radical (unpaired) electrons. The monoisotopic (exact) mass is 343 g/mol. The number of para-hydroxylation sites is 1. The highest BCUT2D eigenvalue weighted by molar-refractivity contribution is 7.89. The van der Waals surface area contributed by atoms with Crippen LogP contribution in [0.5, 0.6) is 0 Å². The molecule has 1 aliphatic rings. The Balaban J connectivity index is 2.08. The minimum absolute atomic E-state index is 0.124. The van der Waals surface area contributed by atoms with E-state index in [1.165, 1.54) is 17.0 Å². The molecule has 1 fully saturated rings. The zero-order chi connectivity index (χ0) is 17.3. The highest BCUT2D eigenvalue weighted by atomic mass is 32.2. The summed E-state index contributed by atoms with van der Waals surface area (Å²) in [6.07, 6.45) is 0.412. The lowest BCUT2D eigenvalue weighted by molar-refractivity contribution is -0.387. The second-order valence-electron chi connectivity index (χ2n) is 5.61. The van der Waals surface area contributed by atoms with Crippen LogP contribution in [0.3, 0.4) is 0 Å². The second-order valence-corrected chi connectivity index (χ2v) is 7.35. The van der Waals surface area contributed by atoms with Gasteiger partial charge in [-0.1, -0.05) is 12.1 Å². The number of carbonyl (C=O) groups excluding carboxylic acids is 1. The van der Waals surface area contributed by atoms with Gasteiger partial charge >= 0.3 is 0 Å². The Kier molecular flexibility index (Phi) is 4.68. The zero-order valence-corrected chi connectivity index (χ0v) is 13.2. The summed E-state index contributed by atoms with van der Waals surface area (Å²) in [6, 6.07) is 4.90. The lowest BCUT2D eigenvalue weighted by Crippen LogP contribution is -2.40. The molecule has 1 amide bonds. The molecule has 1 atom stereocenters. The van der Waals surface area contributed by atoms with Gasteiger partial charge in [0, 0.05) is 19.2 Å². The molecule has 2 N–H and O–H groups in total. The van der Waals surface area contributed by atoms with Gasteiger partial charge in [0.2, 0.25) is 15.9 Å². The quantitative estimate of drug-likeness (QED) is 0.565. The van der Waals surface area contributed by atoms with Gasteiger partial charge in [-0.15, -0.1) is 0 Å². The number of hydrogen-bond acceptors (Lipinski definition) is 6. The maximum Gasteiger partial charge on any atom is 0.289 e. The number of nitrogens with one attached hydrogen (secondary N) is 1. The summed E-state index contributed by atoms with van der Waals surface area (Å²) in [5.74, 6) is -0.495. The van der Waals surface area contributed by atoms with E-state index in [2.05, 4.69) is 4.72 Å². The number of nitro groups is 1. The average molecular weight is 343 g/mol. The number of nitro benzene ring substituents is 1. The molecule has 0 aromatic heterocycles. The normalized spacial score (nSPS) is 21.4. The highest BCUT2D eigenvalue weighted by Gasteiger charge is 2.34. The Hall–Kier alpha value is -2.04. The second kappa shape index (κ2) is 6.22. The van der Waals surface area contributed by atoms with Gasteiger partial charge in [0.25, 0.3) is 5.69 Å². The number of sulfonamides is 1. The van der Waals surface area contributed by atoms with Gasteiger partial charge in [-0.3, -0.25) is 14.9 Å². The third-order valence-corrected chi connectivity index (χ3v) is 5.02. The molecule has 2 rings (SSSR count). The van der Waals surface area contributed by atoms with Gasteiger partial charge in [-0.05, 0) is 19.4 Å². The number of nitrogens with zero attached hydrogens (tertiary/aromatic N) is 2. The van der Waals surface area contributed by atoms with Crippen molar-refractivity contribution in [3.05, 3.63) is 34.4 Å². The summed E-state index contributed by atoms with van der Waals surface area (Å²) in [6.45, 7) is 1.53. The minimum atomic E-state index is -4.19. The van der Waals surface area contributed by atoms with Crippen LogP contribution in [0.4, 0.5) is 5.69 Å². The molecule has 1 aromatic carbocycles. The number of amides is 1. The van der Waals surface area contributed by atoms with Crippen molar-refractivity contribution in [3.8, 4) is 0 Å². The number of carbonyl (C=O) groups is 1. The van der Waals surface area contributed by atoms with E-state index in [0.29, 0.717) is 13.0 Å². The highest BCUT2D eigenvalue weighted by Crippen LogP contribution is 2.23. The molecule has 23 heavy (non-hydrogen) atoms. The molecule has 1 unspecified atom stereocenters. The fourth-order valence-electron chi connectivity index (χ4n) is 2.34. The Morgan fingerprint density at radius 2 is 2.13 bits per heavy atom. The molecule has 126 valence electrons. The van der Waals surface area contributed by atoms with Crippen molar-refractivity contribution in [1.82, 2.24) is 9.62 Å². The minimum Gasteiger partial charge on any atom is -0.388 e. The Morgan fingerprint density at radius 3 is 2.70 bits per heavy atom. The fourth-order valence-corrected chi connectivity index (χ4v) is 3.48. The van der Waals surface area contributed by atoms with E-state index in [1.807, 2.05) is 0 Å². The molecule has 9 nitrogen and oxygen atoms in total. The van der Waals surface area contributed by atoms with E-state index < -0.39 is 43.6 Å². The van der Waals surface area contributed by atoms with Gasteiger partial charge in [-0.2, -0.15) is 0 Å². The van der Waals surface area contributed by atoms with Crippen molar-refractivity contribution in [3.63, 3.8) is 0 Å². The number of aliphatic hydroxyl groups is 1. The number of likely N-dealkylation sites (tertiary alicyclic amines) is 1. The topological polar surface area (TPSA) is 130 Å². The Morgan fingerprint density at radius 1 is 1.48 bits per heavy atom. The SMILES string of the molecule is CC1(O)CCN(C(=O)CNS(=O)(=O)c2ccccc2[N+](=O)[O-])C1. The first-order valence-electron chi connectivity index (χ1n) is 6.86. The summed E-state index contributed by atoms with van der Waals surface area (Å²) >= 11 is 0. The van der Waals surface area contributed by atoms with Crippen molar-refractivity contribution < 1.29 is 23.2 Å². The van der Waals surface area contributed by atoms with Crippen LogP contribution in [0.25, 0.3) is 0 Å². The zero-order valence-electron chi connectivity index (χ0n) is 12.4. The molecular formula is C13H17N3O6S. The molecule has 0 saturated carbocycles. The first-order valence-corrected chi connectivity index (χ1v) is 8.34. The molecular weight excluding hydrogens is 326 g/mol. The molecule has 10 heteroatoms. The lowest BCUT2D eigenvalue weighted by atomic mass is 10.1. The van der Waals surface area contributed by atoms with E-state index in [1.54, 1.807) is 6.92 Å². The molecule has 0 bridgehead atoms. The molecule has 1 heterocycles. The smallest absolute Gasteiger partial charge is 0.289 e. The van der Waals surface area contributed by atoms with Crippen molar-refractivity contribution in [1.29, 1.82) is 0 Å². The predicted molar refractivity (Wildman–Crippen MR) is 80.1 cm³/mol. The van der Waals surface area contributed by atoms with Gasteiger partial charge in [-0.25, -0.2) is 13.1 Å². The number of β-amino-alcohol motifs (C(OH)–C–C–N with tert-alkyl or cyclic N) is 1. The molecule has 1 aliphatic heterocycles. The van der Waals surface area contributed by atoms with E-state index in [-0.39, 0.29) is 6.54 Å². The van der Waals surface area contributed by atoms with Crippen LogP contribution in [-0.4, -0.2) is 54.5 Å². The van der Waals surface area contributed by atoms with Gasteiger partial charge < -0.3 is 10.0 Å².